The van der Waals surface area contributed by atoms with Crippen molar-refractivity contribution >= 4 is 28.8 Å². The van der Waals surface area contributed by atoms with E-state index in [-0.39, 0.29) is 0 Å². The summed E-state index contributed by atoms with van der Waals surface area (Å²) in [5.41, 5.74) is 0. The summed E-state index contributed by atoms with van der Waals surface area (Å²) in [6, 6.07) is 6.33. The predicted molar refractivity (Wildman–Crippen MR) is 82.1 cm³/mol. The number of rotatable bonds is 6. The maximum Gasteiger partial charge on any atom is 0.134 e. The molecule has 0 spiro atoms. The third-order valence-corrected chi connectivity index (χ3v) is 3.79. The summed E-state index contributed by atoms with van der Waals surface area (Å²) in [5.74, 6) is 1.62. The molecule has 0 amide bonds. The summed E-state index contributed by atoms with van der Waals surface area (Å²) >= 11 is 7.80. The van der Waals surface area contributed by atoms with Crippen molar-refractivity contribution in [3.63, 3.8) is 0 Å². The van der Waals surface area contributed by atoms with Crippen LogP contribution in [-0.2, 0) is 12.8 Å². The molecule has 0 saturated carbocycles. The Labute approximate surface area is 123 Å². The Hall–Kier alpha value is -1.13. The Morgan fingerprint density at radius 1 is 1.42 bits per heavy atom. The Balaban J connectivity index is 2.01. The van der Waals surface area contributed by atoms with Crippen molar-refractivity contribution in [2.75, 3.05) is 5.32 Å². The van der Waals surface area contributed by atoms with Gasteiger partial charge < -0.3 is 5.32 Å². The van der Waals surface area contributed by atoms with Crippen LogP contribution in [-0.4, -0.2) is 16.0 Å². The van der Waals surface area contributed by atoms with Gasteiger partial charge in [-0.15, -0.1) is 11.3 Å². The second-order valence-corrected chi connectivity index (χ2v) is 5.99. The molecule has 0 saturated heterocycles. The van der Waals surface area contributed by atoms with Gasteiger partial charge in [0, 0.05) is 29.8 Å². The quantitative estimate of drug-likeness (QED) is 0.812. The fraction of sp³-hybridized carbons (Fsp3) is 0.429. The molecular formula is C14H18ClN3S. The van der Waals surface area contributed by atoms with Crippen molar-refractivity contribution in [2.45, 2.75) is 39.2 Å². The summed E-state index contributed by atoms with van der Waals surface area (Å²) in [6.07, 6.45) is 2.86. The van der Waals surface area contributed by atoms with Crippen molar-refractivity contribution in [1.29, 1.82) is 0 Å². The van der Waals surface area contributed by atoms with Crippen LogP contribution >= 0.6 is 22.9 Å². The Morgan fingerprint density at radius 2 is 2.26 bits per heavy atom. The number of nitrogens with zero attached hydrogens (tertiary/aromatic N) is 2. The maximum absolute atomic E-state index is 6.02. The molecule has 2 heterocycles. The minimum absolute atomic E-state index is 0.319. The van der Waals surface area contributed by atoms with E-state index in [0.717, 1.165) is 30.9 Å². The monoisotopic (exact) mass is 295 g/mol. The first-order chi connectivity index (χ1) is 9.17. The van der Waals surface area contributed by atoms with Gasteiger partial charge in [-0.2, -0.15) is 0 Å². The lowest BCUT2D eigenvalue weighted by Gasteiger charge is -2.14. The molecule has 1 unspecified atom stereocenters. The van der Waals surface area contributed by atoms with Crippen LogP contribution in [0.3, 0.4) is 0 Å². The fourth-order valence-electron chi connectivity index (χ4n) is 1.91. The van der Waals surface area contributed by atoms with Gasteiger partial charge in [-0.25, -0.2) is 9.97 Å². The molecule has 0 bridgehead atoms. The number of hydrogen-bond acceptors (Lipinski definition) is 4. The summed E-state index contributed by atoms with van der Waals surface area (Å²) in [7, 11) is 0. The minimum atomic E-state index is 0.319. The van der Waals surface area contributed by atoms with E-state index >= 15 is 0 Å². The topological polar surface area (TPSA) is 37.8 Å². The number of thiophene rings is 1. The molecule has 1 N–H and O–H groups in total. The maximum atomic E-state index is 6.02. The van der Waals surface area contributed by atoms with Crippen LogP contribution in [0.1, 0.15) is 31.0 Å². The van der Waals surface area contributed by atoms with Gasteiger partial charge in [-0.3, -0.25) is 0 Å². The van der Waals surface area contributed by atoms with Gasteiger partial charge in [0.25, 0.3) is 0 Å². The van der Waals surface area contributed by atoms with Crippen LogP contribution < -0.4 is 5.32 Å². The highest BCUT2D eigenvalue weighted by Crippen LogP contribution is 2.16. The number of anilines is 1. The van der Waals surface area contributed by atoms with E-state index in [0.29, 0.717) is 11.2 Å². The van der Waals surface area contributed by atoms with Crippen LogP contribution in [0.4, 0.5) is 5.82 Å². The third-order valence-electron chi connectivity index (χ3n) is 2.70. The summed E-state index contributed by atoms with van der Waals surface area (Å²) < 4.78 is 0. The van der Waals surface area contributed by atoms with E-state index in [1.807, 2.05) is 0 Å². The molecule has 2 aromatic heterocycles. The molecule has 5 heteroatoms. The second-order valence-electron chi connectivity index (χ2n) is 4.57. The lowest BCUT2D eigenvalue weighted by atomic mass is 10.2. The molecule has 3 nitrogen and oxygen atoms in total. The molecule has 2 rings (SSSR count). The molecule has 19 heavy (non-hydrogen) atoms. The average molecular weight is 296 g/mol. The first kappa shape index (κ1) is 14.3. The standard InChI is InChI=1S/C14H18ClN3S/c1-3-5-13-17-12(15)9-14(18-13)16-10(2)8-11-6-4-7-19-11/h4,6-7,9-10H,3,5,8H2,1-2H3,(H,16,17,18). The van der Waals surface area contributed by atoms with Gasteiger partial charge in [0.1, 0.15) is 16.8 Å². The van der Waals surface area contributed by atoms with Gasteiger partial charge in [0.05, 0.1) is 0 Å². The van der Waals surface area contributed by atoms with Crippen molar-refractivity contribution in [3.05, 3.63) is 39.4 Å². The largest absolute Gasteiger partial charge is 0.367 e. The van der Waals surface area contributed by atoms with Crippen LogP contribution in [0.15, 0.2) is 23.6 Å². The molecule has 1 atom stereocenters. The van der Waals surface area contributed by atoms with Crippen molar-refractivity contribution < 1.29 is 0 Å². The predicted octanol–water partition coefficient (Wildman–Crippen LogP) is 4.19. The molecule has 0 aliphatic rings. The number of halogens is 1. The lowest BCUT2D eigenvalue weighted by molar-refractivity contribution is 0.781. The fourth-order valence-corrected chi connectivity index (χ4v) is 2.94. The molecule has 0 fully saturated rings. The Bertz CT molecular complexity index is 513. The molecule has 0 radical (unpaired) electrons. The summed E-state index contributed by atoms with van der Waals surface area (Å²) in [6.45, 7) is 4.26. The average Bonchev–Trinajstić information content (AvgIpc) is 2.81. The van der Waals surface area contributed by atoms with Gasteiger partial charge >= 0.3 is 0 Å². The Kier molecular flexibility index (Phi) is 5.16. The summed E-state index contributed by atoms with van der Waals surface area (Å²) in [5, 5.41) is 6.00. The zero-order chi connectivity index (χ0) is 13.7. The highest BCUT2D eigenvalue weighted by atomic mass is 35.5. The Morgan fingerprint density at radius 3 is 2.95 bits per heavy atom. The highest BCUT2D eigenvalue weighted by Gasteiger charge is 2.08. The van der Waals surface area contributed by atoms with Gasteiger partial charge in [0.15, 0.2) is 0 Å². The summed E-state index contributed by atoms with van der Waals surface area (Å²) in [4.78, 5) is 10.1. The van der Waals surface area contributed by atoms with Crippen LogP contribution in [0, 0.1) is 0 Å². The molecular weight excluding hydrogens is 278 g/mol. The number of aryl methyl sites for hydroxylation is 1. The van der Waals surface area contributed by atoms with Gasteiger partial charge in [-0.1, -0.05) is 24.6 Å². The van der Waals surface area contributed by atoms with Crippen LogP contribution in [0.25, 0.3) is 0 Å². The molecule has 2 aromatic rings. The SMILES string of the molecule is CCCc1nc(Cl)cc(NC(C)Cc2cccs2)n1. The van der Waals surface area contributed by atoms with Gasteiger partial charge in [-0.05, 0) is 24.8 Å². The normalized spacial score (nSPS) is 12.4. The highest BCUT2D eigenvalue weighted by molar-refractivity contribution is 7.09. The van der Waals surface area contributed by atoms with E-state index < -0.39 is 0 Å². The van der Waals surface area contributed by atoms with E-state index in [1.54, 1.807) is 17.4 Å². The van der Waals surface area contributed by atoms with Crippen molar-refractivity contribution in [1.82, 2.24) is 9.97 Å². The van der Waals surface area contributed by atoms with Crippen molar-refractivity contribution in [2.24, 2.45) is 0 Å². The van der Waals surface area contributed by atoms with Crippen LogP contribution in [0.2, 0.25) is 5.15 Å². The van der Waals surface area contributed by atoms with Gasteiger partial charge in [0.2, 0.25) is 0 Å². The smallest absolute Gasteiger partial charge is 0.134 e. The lowest BCUT2D eigenvalue weighted by Crippen LogP contribution is -2.19. The number of nitrogens with one attached hydrogen (secondary N) is 1. The van der Waals surface area contributed by atoms with Crippen LogP contribution in [0.5, 0.6) is 0 Å². The second kappa shape index (κ2) is 6.87. The zero-order valence-electron chi connectivity index (χ0n) is 11.2. The first-order valence-electron chi connectivity index (χ1n) is 6.49. The number of hydrogen-bond donors (Lipinski definition) is 1. The molecule has 0 aromatic carbocycles. The zero-order valence-corrected chi connectivity index (χ0v) is 12.8. The minimum Gasteiger partial charge on any atom is -0.367 e. The van der Waals surface area contributed by atoms with E-state index in [9.17, 15) is 0 Å². The first-order valence-corrected chi connectivity index (χ1v) is 7.75. The van der Waals surface area contributed by atoms with E-state index in [1.165, 1.54) is 4.88 Å². The molecule has 102 valence electrons. The third kappa shape index (κ3) is 4.48. The molecule has 0 aliphatic heterocycles. The van der Waals surface area contributed by atoms with Crippen molar-refractivity contribution in [3.8, 4) is 0 Å². The number of aromatic nitrogens is 2. The molecule has 0 aliphatic carbocycles. The van der Waals surface area contributed by atoms with E-state index in [4.69, 9.17) is 11.6 Å². The van der Waals surface area contributed by atoms with E-state index in [2.05, 4.69) is 46.6 Å².